The Morgan fingerprint density at radius 1 is 1.33 bits per heavy atom. The summed E-state index contributed by atoms with van der Waals surface area (Å²) in [5.41, 5.74) is 0. The van der Waals surface area contributed by atoms with Crippen molar-refractivity contribution in [3.63, 3.8) is 0 Å². The molecule has 0 aromatic rings. The van der Waals surface area contributed by atoms with Gasteiger partial charge >= 0.3 is 0 Å². The van der Waals surface area contributed by atoms with Gasteiger partial charge in [0.15, 0.2) is 0 Å². The van der Waals surface area contributed by atoms with Crippen molar-refractivity contribution in [3.05, 3.63) is 0 Å². The Hall–Kier alpha value is 0.310. The van der Waals surface area contributed by atoms with E-state index in [-0.39, 0.29) is 0 Å². The van der Waals surface area contributed by atoms with E-state index < -0.39 is 0 Å². The molecule has 0 unspecified atom stereocenters. The van der Waals surface area contributed by atoms with E-state index in [0.29, 0.717) is 0 Å². The standard InChI is InChI=1S/C7H13NS/c1-2-6(1)7-5-8-3-4-9-7/h6-8H,1-5H2/t7-/m0/s1. The summed E-state index contributed by atoms with van der Waals surface area (Å²) in [5, 5.41) is 4.41. The summed E-state index contributed by atoms with van der Waals surface area (Å²) in [6, 6.07) is 0. The van der Waals surface area contributed by atoms with Crippen LogP contribution in [-0.2, 0) is 0 Å². The lowest BCUT2D eigenvalue weighted by Gasteiger charge is -2.21. The molecule has 1 aliphatic heterocycles. The summed E-state index contributed by atoms with van der Waals surface area (Å²) in [4.78, 5) is 0. The predicted molar refractivity (Wildman–Crippen MR) is 41.8 cm³/mol. The highest BCUT2D eigenvalue weighted by Crippen LogP contribution is 2.39. The topological polar surface area (TPSA) is 12.0 Å². The summed E-state index contributed by atoms with van der Waals surface area (Å²) >= 11 is 2.17. The maximum Gasteiger partial charge on any atom is 0.0201 e. The molecule has 0 aromatic heterocycles. The van der Waals surface area contributed by atoms with Crippen molar-refractivity contribution in [2.75, 3.05) is 18.8 Å². The molecule has 0 aromatic carbocycles. The average molecular weight is 143 g/mol. The lowest BCUT2D eigenvalue weighted by molar-refractivity contribution is 0.628. The maximum atomic E-state index is 3.44. The number of thioether (sulfide) groups is 1. The summed E-state index contributed by atoms with van der Waals surface area (Å²) in [5.74, 6) is 2.42. The van der Waals surface area contributed by atoms with Gasteiger partial charge in [0.1, 0.15) is 0 Å². The van der Waals surface area contributed by atoms with Gasteiger partial charge < -0.3 is 5.32 Å². The van der Waals surface area contributed by atoms with E-state index in [2.05, 4.69) is 17.1 Å². The monoisotopic (exact) mass is 143 g/mol. The molecule has 0 amide bonds. The Bertz CT molecular complexity index is 95.1. The third-order valence-electron chi connectivity index (χ3n) is 2.10. The van der Waals surface area contributed by atoms with Gasteiger partial charge in [0.2, 0.25) is 0 Å². The van der Waals surface area contributed by atoms with Gasteiger partial charge in [-0.05, 0) is 18.8 Å². The molecular weight excluding hydrogens is 130 g/mol. The van der Waals surface area contributed by atoms with Crippen LogP contribution < -0.4 is 5.32 Å². The smallest absolute Gasteiger partial charge is 0.0201 e. The molecule has 1 N–H and O–H groups in total. The van der Waals surface area contributed by atoms with Crippen molar-refractivity contribution in [2.45, 2.75) is 18.1 Å². The molecule has 1 saturated carbocycles. The second-order valence-electron chi connectivity index (χ2n) is 2.95. The van der Waals surface area contributed by atoms with Gasteiger partial charge in [0.05, 0.1) is 0 Å². The van der Waals surface area contributed by atoms with Crippen LogP contribution >= 0.6 is 11.8 Å². The fourth-order valence-electron chi connectivity index (χ4n) is 1.36. The van der Waals surface area contributed by atoms with Crippen molar-refractivity contribution < 1.29 is 0 Å². The normalized spacial score (nSPS) is 36.7. The van der Waals surface area contributed by atoms with Crippen LogP contribution in [0.2, 0.25) is 0 Å². The molecule has 1 nitrogen and oxygen atoms in total. The van der Waals surface area contributed by atoms with Gasteiger partial charge in [-0.25, -0.2) is 0 Å². The van der Waals surface area contributed by atoms with E-state index >= 15 is 0 Å². The van der Waals surface area contributed by atoms with Gasteiger partial charge in [-0.1, -0.05) is 0 Å². The molecule has 1 atom stereocenters. The molecule has 2 aliphatic rings. The number of rotatable bonds is 1. The first kappa shape index (κ1) is 6.05. The summed E-state index contributed by atoms with van der Waals surface area (Å²) < 4.78 is 0. The van der Waals surface area contributed by atoms with Crippen LogP contribution in [-0.4, -0.2) is 24.1 Å². The van der Waals surface area contributed by atoms with Crippen LogP contribution in [0.15, 0.2) is 0 Å². The van der Waals surface area contributed by atoms with E-state index in [0.717, 1.165) is 11.2 Å². The summed E-state index contributed by atoms with van der Waals surface area (Å²) in [6.07, 6.45) is 3.00. The molecular formula is C7H13NS. The Kier molecular flexibility index (Phi) is 1.68. The number of hydrogen-bond acceptors (Lipinski definition) is 2. The van der Waals surface area contributed by atoms with E-state index in [4.69, 9.17) is 0 Å². The van der Waals surface area contributed by atoms with Crippen molar-refractivity contribution in [1.82, 2.24) is 5.32 Å². The van der Waals surface area contributed by atoms with Gasteiger partial charge in [-0.2, -0.15) is 11.8 Å². The van der Waals surface area contributed by atoms with Crippen LogP contribution in [0.5, 0.6) is 0 Å². The summed E-state index contributed by atoms with van der Waals surface area (Å²) in [7, 11) is 0. The minimum Gasteiger partial charge on any atom is -0.315 e. The van der Waals surface area contributed by atoms with Crippen molar-refractivity contribution in [3.8, 4) is 0 Å². The quantitative estimate of drug-likeness (QED) is 0.590. The van der Waals surface area contributed by atoms with E-state index in [9.17, 15) is 0 Å². The van der Waals surface area contributed by atoms with Crippen molar-refractivity contribution in [1.29, 1.82) is 0 Å². The van der Waals surface area contributed by atoms with Crippen LogP contribution in [0.4, 0.5) is 0 Å². The van der Waals surface area contributed by atoms with Crippen LogP contribution in [0.25, 0.3) is 0 Å². The zero-order valence-electron chi connectivity index (χ0n) is 5.60. The fourth-order valence-corrected chi connectivity index (χ4v) is 2.70. The first-order valence-corrected chi connectivity index (χ1v) is 4.84. The molecule has 0 radical (unpaired) electrons. The SMILES string of the molecule is C1CS[C@H](C2CC2)CN1. The highest BCUT2D eigenvalue weighted by atomic mass is 32.2. The molecule has 0 spiro atoms. The third kappa shape index (κ3) is 1.41. The van der Waals surface area contributed by atoms with E-state index in [1.165, 1.54) is 31.7 Å². The molecule has 0 bridgehead atoms. The highest BCUT2D eigenvalue weighted by Gasteiger charge is 2.32. The third-order valence-corrected chi connectivity index (χ3v) is 3.52. The molecule has 1 aliphatic carbocycles. The highest BCUT2D eigenvalue weighted by molar-refractivity contribution is 8.00. The van der Waals surface area contributed by atoms with Gasteiger partial charge in [0.25, 0.3) is 0 Å². The lowest BCUT2D eigenvalue weighted by atomic mass is 10.3. The zero-order valence-corrected chi connectivity index (χ0v) is 6.41. The molecule has 2 fully saturated rings. The molecule has 2 heteroatoms. The number of hydrogen-bond donors (Lipinski definition) is 1. The second kappa shape index (κ2) is 2.51. The average Bonchev–Trinajstić information content (AvgIpc) is 2.71. The van der Waals surface area contributed by atoms with Crippen LogP contribution in [0, 0.1) is 5.92 Å². The fraction of sp³-hybridized carbons (Fsp3) is 1.00. The van der Waals surface area contributed by atoms with Crippen molar-refractivity contribution in [2.24, 2.45) is 5.92 Å². The van der Waals surface area contributed by atoms with E-state index in [1.807, 2.05) is 0 Å². The second-order valence-corrected chi connectivity index (χ2v) is 4.30. The number of nitrogens with one attached hydrogen (secondary N) is 1. The van der Waals surface area contributed by atoms with Crippen LogP contribution in [0.1, 0.15) is 12.8 Å². The summed E-state index contributed by atoms with van der Waals surface area (Å²) in [6.45, 7) is 2.50. The largest absolute Gasteiger partial charge is 0.315 e. The zero-order chi connectivity index (χ0) is 6.10. The van der Waals surface area contributed by atoms with Gasteiger partial charge in [-0.3, -0.25) is 0 Å². The first-order chi connectivity index (χ1) is 4.47. The Labute approximate surface area is 60.6 Å². The Morgan fingerprint density at radius 3 is 2.78 bits per heavy atom. The maximum absolute atomic E-state index is 3.44. The minimum atomic E-state index is 0.971. The molecule has 1 heterocycles. The van der Waals surface area contributed by atoms with E-state index in [1.54, 1.807) is 0 Å². The first-order valence-electron chi connectivity index (χ1n) is 3.79. The van der Waals surface area contributed by atoms with Crippen molar-refractivity contribution >= 4 is 11.8 Å². The lowest BCUT2D eigenvalue weighted by Crippen LogP contribution is -2.33. The predicted octanol–water partition coefficient (Wildman–Crippen LogP) is 1.10. The Balaban J connectivity index is 1.80. The van der Waals surface area contributed by atoms with Crippen LogP contribution in [0.3, 0.4) is 0 Å². The molecule has 52 valence electrons. The molecule has 2 rings (SSSR count). The molecule has 9 heavy (non-hydrogen) atoms. The Morgan fingerprint density at radius 2 is 2.22 bits per heavy atom. The van der Waals surface area contributed by atoms with Gasteiger partial charge in [-0.15, -0.1) is 0 Å². The van der Waals surface area contributed by atoms with Gasteiger partial charge in [0, 0.05) is 24.1 Å². The minimum absolute atomic E-state index is 0.971. The molecule has 1 saturated heterocycles.